The summed E-state index contributed by atoms with van der Waals surface area (Å²) in [7, 11) is 0. The Labute approximate surface area is 191 Å². The maximum Gasteiger partial charge on any atom is 0.251 e. The van der Waals surface area contributed by atoms with Crippen molar-refractivity contribution in [2.45, 2.75) is 33.2 Å². The molecule has 0 aromatic heterocycles. The van der Waals surface area contributed by atoms with E-state index in [2.05, 4.69) is 31.9 Å². The van der Waals surface area contributed by atoms with Gasteiger partial charge in [0.25, 0.3) is 5.91 Å². The molecule has 2 rings (SSSR count). The molecular formula is C23H28BrN3O4. The predicted octanol–water partition coefficient (Wildman–Crippen LogP) is 3.75. The zero-order valence-corrected chi connectivity index (χ0v) is 19.5. The Balaban J connectivity index is 1.84. The molecule has 0 spiro atoms. The highest BCUT2D eigenvalue weighted by molar-refractivity contribution is 9.10. The molecule has 2 aromatic rings. The smallest absolute Gasteiger partial charge is 0.251 e. The molecule has 2 aromatic carbocycles. The van der Waals surface area contributed by atoms with Crippen molar-refractivity contribution in [1.82, 2.24) is 10.6 Å². The van der Waals surface area contributed by atoms with Crippen molar-refractivity contribution >= 4 is 39.3 Å². The third-order valence-electron chi connectivity index (χ3n) is 4.44. The lowest BCUT2D eigenvalue weighted by molar-refractivity contribution is -0.124. The van der Waals surface area contributed by atoms with Gasteiger partial charge in [-0.25, -0.2) is 0 Å². The maximum atomic E-state index is 12.6. The molecule has 0 aliphatic carbocycles. The van der Waals surface area contributed by atoms with Crippen molar-refractivity contribution in [3.05, 3.63) is 58.6 Å². The van der Waals surface area contributed by atoms with Crippen molar-refractivity contribution in [2.24, 2.45) is 5.92 Å². The highest BCUT2D eigenvalue weighted by Gasteiger charge is 2.24. The van der Waals surface area contributed by atoms with Crippen LogP contribution in [0.4, 0.5) is 5.69 Å². The number of rotatable bonds is 10. The quantitative estimate of drug-likeness (QED) is 0.473. The highest BCUT2D eigenvalue weighted by Crippen LogP contribution is 2.14. The van der Waals surface area contributed by atoms with Gasteiger partial charge in [-0.05, 0) is 61.4 Å². The van der Waals surface area contributed by atoms with Crippen LogP contribution in [0.25, 0.3) is 0 Å². The van der Waals surface area contributed by atoms with Crippen molar-refractivity contribution in [1.29, 1.82) is 0 Å². The molecule has 0 aliphatic heterocycles. The SMILES string of the molecule is CCOc1ccc(C(=O)NC(C(=O)NCCC(=O)Nc2ccc(Br)cc2)C(C)C)cc1. The fourth-order valence-corrected chi connectivity index (χ4v) is 3.06. The van der Waals surface area contributed by atoms with Crippen LogP contribution in [0.15, 0.2) is 53.0 Å². The lowest BCUT2D eigenvalue weighted by Crippen LogP contribution is -2.50. The summed E-state index contributed by atoms with van der Waals surface area (Å²) in [4.78, 5) is 37.2. The lowest BCUT2D eigenvalue weighted by atomic mass is 10.0. The Morgan fingerprint density at radius 2 is 1.65 bits per heavy atom. The van der Waals surface area contributed by atoms with Crippen LogP contribution < -0.4 is 20.7 Å². The molecule has 166 valence electrons. The number of carbonyl (C=O) groups excluding carboxylic acids is 3. The van der Waals surface area contributed by atoms with Crippen molar-refractivity contribution in [3.8, 4) is 5.75 Å². The van der Waals surface area contributed by atoms with Gasteiger partial charge < -0.3 is 20.7 Å². The van der Waals surface area contributed by atoms with Crippen LogP contribution in [-0.4, -0.2) is 36.9 Å². The van der Waals surface area contributed by atoms with Crippen molar-refractivity contribution < 1.29 is 19.1 Å². The van der Waals surface area contributed by atoms with Crippen LogP contribution in [-0.2, 0) is 9.59 Å². The summed E-state index contributed by atoms with van der Waals surface area (Å²) in [5, 5.41) is 8.27. The average molecular weight is 490 g/mol. The number of hydrogen-bond donors (Lipinski definition) is 3. The molecule has 1 unspecified atom stereocenters. The Kier molecular flexibility index (Phi) is 9.52. The summed E-state index contributed by atoms with van der Waals surface area (Å²) in [5.74, 6) is -0.320. The number of ether oxygens (including phenoxy) is 1. The minimum absolute atomic E-state index is 0.122. The van der Waals surface area contributed by atoms with E-state index >= 15 is 0 Å². The molecule has 7 nitrogen and oxygen atoms in total. The van der Waals surface area contributed by atoms with Gasteiger partial charge in [0.15, 0.2) is 0 Å². The summed E-state index contributed by atoms with van der Waals surface area (Å²) in [6.07, 6.45) is 0.124. The zero-order valence-electron chi connectivity index (χ0n) is 17.9. The fraction of sp³-hybridized carbons (Fsp3) is 0.348. The molecule has 0 saturated heterocycles. The standard InChI is InChI=1S/C23H28BrN3O4/c1-4-31-19-11-5-16(6-12-19)22(29)27-21(15(2)3)23(30)25-14-13-20(28)26-18-9-7-17(24)8-10-18/h5-12,15,21H,4,13-14H2,1-3H3,(H,25,30)(H,26,28)(H,27,29). The van der Waals surface area contributed by atoms with Gasteiger partial charge in [-0.3, -0.25) is 14.4 Å². The molecule has 3 N–H and O–H groups in total. The van der Waals surface area contributed by atoms with Gasteiger partial charge in [-0.1, -0.05) is 29.8 Å². The summed E-state index contributed by atoms with van der Waals surface area (Å²) < 4.78 is 6.29. The Hall–Kier alpha value is -2.87. The molecule has 0 bridgehead atoms. The first-order valence-electron chi connectivity index (χ1n) is 10.2. The molecule has 0 aliphatic rings. The second-order valence-corrected chi connectivity index (χ2v) is 8.16. The largest absolute Gasteiger partial charge is 0.494 e. The van der Waals surface area contributed by atoms with Gasteiger partial charge in [0.05, 0.1) is 6.61 Å². The van der Waals surface area contributed by atoms with Gasteiger partial charge in [0, 0.05) is 28.7 Å². The molecule has 3 amide bonds. The Morgan fingerprint density at radius 3 is 2.23 bits per heavy atom. The Bertz CT molecular complexity index is 883. The molecule has 1 atom stereocenters. The van der Waals surface area contributed by atoms with Crippen LogP contribution >= 0.6 is 15.9 Å². The van der Waals surface area contributed by atoms with E-state index in [1.54, 1.807) is 36.4 Å². The number of amides is 3. The topological polar surface area (TPSA) is 96.5 Å². The normalized spacial score (nSPS) is 11.5. The molecule has 0 heterocycles. The molecule has 0 saturated carbocycles. The average Bonchev–Trinajstić information content (AvgIpc) is 2.74. The highest BCUT2D eigenvalue weighted by atomic mass is 79.9. The third-order valence-corrected chi connectivity index (χ3v) is 4.97. The van der Waals surface area contributed by atoms with Crippen LogP contribution in [0.1, 0.15) is 37.6 Å². The number of carbonyl (C=O) groups is 3. The fourth-order valence-electron chi connectivity index (χ4n) is 2.79. The van der Waals surface area contributed by atoms with E-state index in [-0.39, 0.29) is 36.6 Å². The van der Waals surface area contributed by atoms with E-state index in [9.17, 15) is 14.4 Å². The lowest BCUT2D eigenvalue weighted by Gasteiger charge is -2.21. The minimum atomic E-state index is -0.714. The first kappa shape index (κ1) is 24.4. The monoisotopic (exact) mass is 489 g/mol. The number of benzene rings is 2. The number of anilines is 1. The zero-order chi connectivity index (χ0) is 22.8. The van der Waals surface area contributed by atoms with Crippen LogP contribution in [0.5, 0.6) is 5.75 Å². The molecule has 31 heavy (non-hydrogen) atoms. The summed E-state index contributed by atoms with van der Waals surface area (Å²) in [5.41, 5.74) is 1.12. The van der Waals surface area contributed by atoms with Crippen molar-refractivity contribution in [2.75, 3.05) is 18.5 Å². The predicted molar refractivity (Wildman–Crippen MR) is 124 cm³/mol. The number of hydrogen-bond acceptors (Lipinski definition) is 4. The van der Waals surface area contributed by atoms with Gasteiger partial charge >= 0.3 is 0 Å². The summed E-state index contributed by atoms with van der Waals surface area (Å²) >= 11 is 3.34. The van der Waals surface area contributed by atoms with E-state index < -0.39 is 6.04 Å². The van der Waals surface area contributed by atoms with Gasteiger partial charge in [0.2, 0.25) is 11.8 Å². The van der Waals surface area contributed by atoms with E-state index in [4.69, 9.17) is 4.74 Å². The van der Waals surface area contributed by atoms with E-state index in [0.717, 1.165) is 4.47 Å². The molecule has 0 radical (unpaired) electrons. The minimum Gasteiger partial charge on any atom is -0.494 e. The van der Waals surface area contributed by atoms with Gasteiger partial charge in [-0.15, -0.1) is 0 Å². The molecular weight excluding hydrogens is 462 g/mol. The molecule has 8 heteroatoms. The second-order valence-electron chi connectivity index (χ2n) is 7.25. The van der Waals surface area contributed by atoms with Crippen LogP contribution in [0.3, 0.4) is 0 Å². The van der Waals surface area contributed by atoms with Gasteiger partial charge in [-0.2, -0.15) is 0 Å². The van der Waals surface area contributed by atoms with Gasteiger partial charge in [0.1, 0.15) is 11.8 Å². The first-order valence-corrected chi connectivity index (χ1v) is 11.0. The van der Waals surface area contributed by atoms with E-state index in [1.807, 2.05) is 32.9 Å². The summed E-state index contributed by atoms with van der Waals surface area (Å²) in [6.45, 7) is 6.30. The first-order chi connectivity index (χ1) is 14.8. The number of halogens is 1. The van der Waals surface area contributed by atoms with Crippen molar-refractivity contribution in [3.63, 3.8) is 0 Å². The maximum absolute atomic E-state index is 12.6. The Morgan fingerprint density at radius 1 is 1.00 bits per heavy atom. The third kappa shape index (κ3) is 8.05. The van der Waals surface area contributed by atoms with E-state index in [1.165, 1.54) is 0 Å². The van der Waals surface area contributed by atoms with Crippen LogP contribution in [0, 0.1) is 5.92 Å². The van der Waals surface area contributed by atoms with E-state index in [0.29, 0.717) is 23.6 Å². The summed E-state index contributed by atoms with van der Waals surface area (Å²) in [6, 6.07) is 13.3. The number of nitrogens with one attached hydrogen (secondary N) is 3. The molecule has 0 fully saturated rings. The van der Waals surface area contributed by atoms with Crippen LogP contribution in [0.2, 0.25) is 0 Å². The second kappa shape index (κ2) is 12.1.